The van der Waals surface area contributed by atoms with E-state index in [4.69, 9.17) is 0 Å². The first-order valence-corrected chi connectivity index (χ1v) is 6.63. The number of thioether (sulfide) groups is 1. The average Bonchev–Trinajstić information content (AvgIpc) is 2.36. The topological polar surface area (TPSA) is 25.8 Å². The maximum absolute atomic E-state index is 12.7. The Morgan fingerprint density at radius 1 is 1.10 bits per heavy atom. The third-order valence-electron chi connectivity index (χ3n) is 2.41. The highest BCUT2D eigenvalue weighted by Crippen LogP contribution is 2.30. The fourth-order valence-corrected chi connectivity index (χ4v) is 2.34. The van der Waals surface area contributed by atoms with Gasteiger partial charge < -0.3 is 0 Å². The fourth-order valence-electron chi connectivity index (χ4n) is 1.48. The van der Waals surface area contributed by atoms with Crippen LogP contribution in [-0.4, -0.2) is 9.97 Å². The molecule has 0 bridgehead atoms. The minimum Gasteiger partial charge on any atom is -0.228 e. The van der Waals surface area contributed by atoms with Crippen LogP contribution in [0.5, 0.6) is 0 Å². The Hall–Kier alpha value is -1.63. The zero-order valence-corrected chi connectivity index (χ0v) is 11.2. The van der Waals surface area contributed by atoms with Gasteiger partial charge in [-0.05, 0) is 30.7 Å². The van der Waals surface area contributed by atoms with Crippen LogP contribution < -0.4 is 0 Å². The summed E-state index contributed by atoms with van der Waals surface area (Å²) >= 11 is 1.08. The molecule has 0 amide bonds. The van der Waals surface area contributed by atoms with E-state index in [1.165, 1.54) is 19.1 Å². The first-order valence-electron chi connectivity index (χ1n) is 5.65. The van der Waals surface area contributed by atoms with Crippen LogP contribution in [-0.2, 0) is 11.9 Å². The summed E-state index contributed by atoms with van der Waals surface area (Å²) in [6, 6.07) is 6.65. The second-order valence-corrected chi connectivity index (χ2v) is 5.03. The van der Waals surface area contributed by atoms with Gasteiger partial charge in [0.15, 0.2) is 5.16 Å². The molecule has 2 nitrogen and oxygen atoms in total. The first kappa shape index (κ1) is 14.8. The van der Waals surface area contributed by atoms with Gasteiger partial charge in [0.1, 0.15) is 11.5 Å². The summed E-state index contributed by atoms with van der Waals surface area (Å²) in [5.41, 5.74) is 0.0932. The Bertz CT molecular complexity index is 596. The van der Waals surface area contributed by atoms with Crippen molar-refractivity contribution in [3.8, 4) is 0 Å². The Morgan fingerprint density at radius 3 is 2.35 bits per heavy atom. The molecule has 0 spiro atoms. The van der Waals surface area contributed by atoms with E-state index in [1.807, 2.05) is 0 Å². The predicted octanol–water partition coefficient (Wildman–Crippen LogP) is 4.24. The van der Waals surface area contributed by atoms with Gasteiger partial charge >= 0.3 is 6.18 Å². The minimum absolute atomic E-state index is 0.0571. The predicted molar refractivity (Wildman–Crippen MR) is 67.7 cm³/mol. The Morgan fingerprint density at radius 2 is 1.75 bits per heavy atom. The molecule has 0 aliphatic carbocycles. The molecule has 0 aliphatic heterocycles. The van der Waals surface area contributed by atoms with Crippen LogP contribution >= 0.6 is 11.8 Å². The summed E-state index contributed by atoms with van der Waals surface area (Å²) in [6.07, 6.45) is -4.49. The summed E-state index contributed by atoms with van der Waals surface area (Å²) in [5, 5.41) is 0.0571. The number of aryl methyl sites for hydroxylation is 1. The zero-order chi connectivity index (χ0) is 14.8. The number of alkyl halides is 3. The van der Waals surface area contributed by atoms with E-state index >= 15 is 0 Å². The van der Waals surface area contributed by atoms with Gasteiger partial charge in [0, 0.05) is 11.4 Å². The second kappa shape index (κ2) is 5.78. The normalized spacial score (nSPS) is 11.7. The maximum Gasteiger partial charge on any atom is 0.433 e. The lowest BCUT2D eigenvalue weighted by molar-refractivity contribution is -0.141. The molecule has 1 heterocycles. The monoisotopic (exact) mass is 302 g/mol. The van der Waals surface area contributed by atoms with Crippen LogP contribution in [0.1, 0.15) is 17.0 Å². The molecule has 1 aromatic carbocycles. The van der Waals surface area contributed by atoms with E-state index in [0.29, 0.717) is 5.75 Å². The van der Waals surface area contributed by atoms with E-state index in [2.05, 4.69) is 9.97 Å². The number of hydrogen-bond acceptors (Lipinski definition) is 3. The molecule has 106 valence electrons. The highest BCUT2D eigenvalue weighted by molar-refractivity contribution is 7.98. The van der Waals surface area contributed by atoms with Crippen molar-refractivity contribution in [3.63, 3.8) is 0 Å². The molecule has 0 atom stereocenters. The van der Waals surface area contributed by atoms with E-state index in [1.54, 1.807) is 12.1 Å². The van der Waals surface area contributed by atoms with Crippen LogP contribution in [0.15, 0.2) is 35.5 Å². The van der Waals surface area contributed by atoms with Gasteiger partial charge in [0.05, 0.1) is 0 Å². The highest BCUT2D eigenvalue weighted by atomic mass is 32.2. The molecular formula is C13H10F4N2S. The molecule has 0 aliphatic rings. The third kappa shape index (κ3) is 3.93. The lowest BCUT2D eigenvalue weighted by atomic mass is 10.2. The van der Waals surface area contributed by atoms with Crippen molar-refractivity contribution >= 4 is 11.8 Å². The first-order chi connectivity index (χ1) is 9.34. The SMILES string of the molecule is Cc1cc(C(F)(F)F)nc(SCc2ccc(F)cc2)n1. The van der Waals surface area contributed by atoms with Crippen LogP contribution in [0.4, 0.5) is 17.6 Å². The van der Waals surface area contributed by atoms with Crippen molar-refractivity contribution in [2.45, 2.75) is 24.0 Å². The number of halogens is 4. The number of hydrogen-bond donors (Lipinski definition) is 0. The molecule has 1 aromatic heterocycles. The average molecular weight is 302 g/mol. The summed E-state index contributed by atoms with van der Waals surface area (Å²) in [5.74, 6) is 0.0195. The standard InChI is InChI=1S/C13H10F4N2S/c1-8-6-11(13(15,16)17)19-12(18-8)20-7-9-2-4-10(14)5-3-9/h2-6H,7H2,1H3. The molecule has 20 heavy (non-hydrogen) atoms. The van der Waals surface area contributed by atoms with Gasteiger partial charge in [-0.2, -0.15) is 13.2 Å². The van der Waals surface area contributed by atoms with Gasteiger partial charge in [0.25, 0.3) is 0 Å². The van der Waals surface area contributed by atoms with E-state index in [9.17, 15) is 17.6 Å². The van der Waals surface area contributed by atoms with E-state index in [0.717, 1.165) is 23.4 Å². The maximum atomic E-state index is 12.7. The smallest absolute Gasteiger partial charge is 0.228 e. The highest BCUT2D eigenvalue weighted by Gasteiger charge is 2.33. The zero-order valence-electron chi connectivity index (χ0n) is 10.4. The number of nitrogens with zero attached hydrogens (tertiary/aromatic N) is 2. The molecule has 0 radical (unpaired) electrons. The van der Waals surface area contributed by atoms with Crippen molar-refractivity contribution in [1.82, 2.24) is 9.97 Å². The fraction of sp³-hybridized carbons (Fsp3) is 0.231. The summed E-state index contributed by atoms with van der Waals surface area (Å²) in [6.45, 7) is 1.48. The summed E-state index contributed by atoms with van der Waals surface area (Å²) in [7, 11) is 0. The van der Waals surface area contributed by atoms with Crippen LogP contribution in [0.2, 0.25) is 0 Å². The van der Waals surface area contributed by atoms with E-state index < -0.39 is 11.9 Å². The molecule has 0 N–H and O–H groups in total. The Balaban J connectivity index is 2.13. The van der Waals surface area contributed by atoms with Crippen molar-refractivity contribution in [2.24, 2.45) is 0 Å². The number of rotatable bonds is 3. The lowest BCUT2D eigenvalue weighted by Crippen LogP contribution is -2.10. The van der Waals surface area contributed by atoms with Crippen LogP contribution in [0, 0.1) is 12.7 Å². The van der Waals surface area contributed by atoms with Crippen molar-refractivity contribution in [1.29, 1.82) is 0 Å². The van der Waals surface area contributed by atoms with Gasteiger partial charge in [-0.3, -0.25) is 0 Å². The second-order valence-electron chi connectivity index (χ2n) is 4.09. The van der Waals surface area contributed by atoms with Crippen molar-refractivity contribution in [2.75, 3.05) is 0 Å². The molecule has 2 aromatic rings. The van der Waals surface area contributed by atoms with Crippen molar-refractivity contribution in [3.05, 3.63) is 53.1 Å². The van der Waals surface area contributed by atoms with Crippen molar-refractivity contribution < 1.29 is 17.6 Å². The van der Waals surface area contributed by atoms with Crippen LogP contribution in [0.3, 0.4) is 0 Å². The van der Waals surface area contributed by atoms with Gasteiger partial charge in [-0.15, -0.1) is 0 Å². The van der Waals surface area contributed by atoms with E-state index in [-0.39, 0.29) is 16.7 Å². The quantitative estimate of drug-likeness (QED) is 0.482. The molecule has 2 rings (SSSR count). The largest absolute Gasteiger partial charge is 0.433 e. The molecule has 0 unspecified atom stereocenters. The molecular weight excluding hydrogens is 292 g/mol. The minimum atomic E-state index is -4.49. The number of aromatic nitrogens is 2. The molecule has 0 fully saturated rings. The van der Waals surface area contributed by atoms with Gasteiger partial charge in [-0.25, -0.2) is 14.4 Å². The van der Waals surface area contributed by atoms with Gasteiger partial charge in [-0.1, -0.05) is 23.9 Å². The summed E-state index contributed by atoms with van der Waals surface area (Å²) in [4.78, 5) is 7.45. The molecule has 0 saturated carbocycles. The lowest BCUT2D eigenvalue weighted by Gasteiger charge is -2.08. The number of benzene rings is 1. The Kier molecular flexibility index (Phi) is 4.27. The molecule has 0 saturated heterocycles. The van der Waals surface area contributed by atoms with Crippen LogP contribution in [0.25, 0.3) is 0 Å². The molecule has 7 heteroatoms. The third-order valence-corrected chi connectivity index (χ3v) is 3.32. The summed E-state index contributed by atoms with van der Waals surface area (Å²) < 4.78 is 50.6. The Labute approximate surface area is 117 Å². The van der Waals surface area contributed by atoms with Gasteiger partial charge in [0.2, 0.25) is 0 Å².